The molecule has 1 fully saturated rings. The van der Waals surface area contributed by atoms with E-state index in [2.05, 4.69) is 18.8 Å². The Labute approximate surface area is 135 Å². The highest BCUT2D eigenvalue weighted by atomic mass is 16.6. The summed E-state index contributed by atoms with van der Waals surface area (Å²) in [7, 11) is 0. The Balaban J connectivity index is 2.97. The number of hydrogen-bond donors (Lipinski definition) is 0. The number of carbonyl (C=O) groups excluding carboxylic acids is 1. The number of carbonyl (C=O) groups is 1. The van der Waals surface area contributed by atoms with E-state index in [1.165, 1.54) is 0 Å². The van der Waals surface area contributed by atoms with Crippen molar-refractivity contribution in [3.8, 4) is 11.8 Å². The number of piperidine rings is 1. The van der Waals surface area contributed by atoms with Crippen LogP contribution in [0.15, 0.2) is 0 Å². The minimum atomic E-state index is -0.257. The van der Waals surface area contributed by atoms with Crippen LogP contribution in [0.25, 0.3) is 0 Å². The Morgan fingerprint density at radius 1 is 1.41 bits per heavy atom. The van der Waals surface area contributed by atoms with E-state index in [1.54, 1.807) is 4.90 Å². The molecular weight excluding hydrogens is 278 g/mol. The summed E-state index contributed by atoms with van der Waals surface area (Å²) in [4.78, 5) is 14.2. The average molecular weight is 309 g/mol. The van der Waals surface area contributed by atoms with Gasteiger partial charge in [-0.25, -0.2) is 4.79 Å². The molecule has 22 heavy (non-hydrogen) atoms. The third-order valence-electron chi connectivity index (χ3n) is 4.40. The number of likely N-dealkylation sites (tertiary alicyclic amines) is 1. The van der Waals surface area contributed by atoms with Crippen LogP contribution in [0, 0.1) is 17.3 Å². The standard InChI is InChI=1S/C18H31NO3/c1-6-9-10-12-18(7-2)13-11-14-19(16(18)21-8-3)17(20)22-15(4)5/h15-16H,7-8,10-14H2,1-5H3. The Hall–Kier alpha value is -1.21. The van der Waals surface area contributed by atoms with Crippen LogP contribution < -0.4 is 0 Å². The van der Waals surface area contributed by atoms with Crippen molar-refractivity contribution in [2.24, 2.45) is 5.41 Å². The van der Waals surface area contributed by atoms with Crippen molar-refractivity contribution in [3.05, 3.63) is 0 Å². The summed E-state index contributed by atoms with van der Waals surface area (Å²) in [6, 6.07) is 0. The van der Waals surface area contributed by atoms with Gasteiger partial charge in [0.25, 0.3) is 0 Å². The summed E-state index contributed by atoms with van der Waals surface area (Å²) in [5.74, 6) is 6.11. The average Bonchev–Trinajstić information content (AvgIpc) is 2.48. The molecule has 1 aliphatic rings. The second kappa shape index (κ2) is 9.05. The predicted molar refractivity (Wildman–Crippen MR) is 88.4 cm³/mol. The summed E-state index contributed by atoms with van der Waals surface area (Å²) >= 11 is 0. The molecule has 2 atom stereocenters. The van der Waals surface area contributed by atoms with E-state index in [1.807, 2.05) is 27.7 Å². The third-order valence-corrected chi connectivity index (χ3v) is 4.40. The van der Waals surface area contributed by atoms with Gasteiger partial charge >= 0.3 is 6.09 Å². The fraction of sp³-hybridized carbons (Fsp3) is 0.833. The maximum atomic E-state index is 12.4. The number of ether oxygens (including phenoxy) is 2. The predicted octanol–water partition coefficient (Wildman–Crippen LogP) is 4.19. The van der Waals surface area contributed by atoms with Gasteiger partial charge < -0.3 is 9.47 Å². The molecule has 0 aromatic carbocycles. The van der Waals surface area contributed by atoms with Crippen LogP contribution in [0.5, 0.6) is 0 Å². The van der Waals surface area contributed by atoms with Crippen molar-refractivity contribution in [1.29, 1.82) is 0 Å². The molecule has 0 aromatic rings. The molecule has 2 unspecified atom stereocenters. The van der Waals surface area contributed by atoms with E-state index in [0.717, 1.165) is 32.1 Å². The van der Waals surface area contributed by atoms with Crippen LogP contribution >= 0.6 is 0 Å². The number of rotatable bonds is 6. The van der Waals surface area contributed by atoms with Crippen LogP contribution in [0.2, 0.25) is 0 Å². The zero-order valence-corrected chi connectivity index (χ0v) is 14.8. The van der Waals surface area contributed by atoms with Crippen molar-refractivity contribution in [1.82, 2.24) is 4.90 Å². The first-order chi connectivity index (χ1) is 10.5. The molecule has 0 N–H and O–H groups in total. The monoisotopic (exact) mass is 309 g/mol. The van der Waals surface area contributed by atoms with Gasteiger partial charge in [0.1, 0.15) is 6.23 Å². The Kier molecular flexibility index (Phi) is 7.75. The molecule has 0 bridgehead atoms. The first-order valence-electron chi connectivity index (χ1n) is 8.49. The van der Waals surface area contributed by atoms with E-state index in [4.69, 9.17) is 9.47 Å². The molecule has 1 amide bonds. The van der Waals surface area contributed by atoms with Gasteiger partial charge in [-0.1, -0.05) is 6.92 Å². The molecule has 1 aliphatic heterocycles. The van der Waals surface area contributed by atoms with Gasteiger partial charge in [0, 0.05) is 25.0 Å². The van der Waals surface area contributed by atoms with Gasteiger partial charge in [-0.15, -0.1) is 11.8 Å². The fourth-order valence-electron chi connectivity index (χ4n) is 3.27. The van der Waals surface area contributed by atoms with E-state index in [0.29, 0.717) is 13.2 Å². The summed E-state index contributed by atoms with van der Waals surface area (Å²) in [5.41, 5.74) is -0.0197. The van der Waals surface area contributed by atoms with Crippen LogP contribution in [0.1, 0.15) is 66.7 Å². The molecular formula is C18H31NO3. The molecule has 0 aliphatic carbocycles. The summed E-state index contributed by atoms with van der Waals surface area (Å²) < 4.78 is 11.4. The number of nitrogens with zero attached hydrogens (tertiary/aromatic N) is 1. The lowest BCUT2D eigenvalue weighted by Crippen LogP contribution is -2.56. The minimum absolute atomic E-state index is 0.0197. The van der Waals surface area contributed by atoms with Gasteiger partial charge in [-0.3, -0.25) is 4.90 Å². The molecule has 0 spiro atoms. The molecule has 1 rings (SSSR count). The van der Waals surface area contributed by atoms with E-state index >= 15 is 0 Å². The molecule has 4 heteroatoms. The second-order valence-electron chi connectivity index (χ2n) is 6.18. The van der Waals surface area contributed by atoms with Gasteiger partial charge in [-0.05, 0) is 53.4 Å². The van der Waals surface area contributed by atoms with Crippen molar-refractivity contribution >= 4 is 6.09 Å². The summed E-state index contributed by atoms with van der Waals surface area (Å²) in [5, 5.41) is 0. The maximum absolute atomic E-state index is 12.4. The lowest BCUT2D eigenvalue weighted by molar-refractivity contribution is -0.151. The number of amides is 1. The highest BCUT2D eigenvalue weighted by molar-refractivity contribution is 5.68. The quantitative estimate of drug-likeness (QED) is 0.691. The summed E-state index contributed by atoms with van der Waals surface area (Å²) in [6.07, 6.45) is 4.28. The van der Waals surface area contributed by atoms with Crippen LogP contribution in [0.4, 0.5) is 4.79 Å². The molecule has 1 heterocycles. The highest BCUT2D eigenvalue weighted by Crippen LogP contribution is 2.43. The van der Waals surface area contributed by atoms with Crippen molar-refractivity contribution < 1.29 is 14.3 Å². The van der Waals surface area contributed by atoms with Crippen LogP contribution in [-0.4, -0.2) is 36.5 Å². The molecule has 126 valence electrons. The van der Waals surface area contributed by atoms with Gasteiger partial charge in [0.15, 0.2) is 0 Å². The first-order valence-corrected chi connectivity index (χ1v) is 8.49. The summed E-state index contributed by atoms with van der Waals surface area (Å²) in [6.45, 7) is 11.1. The van der Waals surface area contributed by atoms with Crippen LogP contribution in [0.3, 0.4) is 0 Å². The maximum Gasteiger partial charge on any atom is 0.412 e. The lowest BCUT2D eigenvalue weighted by atomic mass is 9.72. The minimum Gasteiger partial charge on any atom is -0.447 e. The van der Waals surface area contributed by atoms with Gasteiger partial charge in [0.05, 0.1) is 6.10 Å². The van der Waals surface area contributed by atoms with Gasteiger partial charge in [0.2, 0.25) is 0 Å². The second-order valence-corrected chi connectivity index (χ2v) is 6.18. The van der Waals surface area contributed by atoms with Crippen molar-refractivity contribution in [2.75, 3.05) is 13.2 Å². The van der Waals surface area contributed by atoms with E-state index < -0.39 is 0 Å². The van der Waals surface area contributed by atoms with E-state index in [9.17, 15) is 4.79 Å². The van der Waals surface area contributed by atoms with Gasteiger partial charge in [-0.2, -0.15) is 0 Å². The molecule has 4 nitrogen and oxygen atoms in total. The van der Waals surface area contributed by atoms with Crippen molar-refractivity contribution in [2.45, 2.75) is 79.1 Å². The normalized spacial score (nSPS) is 24.8. The smallest absolute Gasteiger partial charge is 0.412 e. The lowest BCUT2D eigenvalue weighted by Gasteiger charge is -2.48. The molecule has 1 saturated heterocycles. The Morgan fingerprint density at radius 2 is 2.14 bits per heavy atom. The number of hydrogen-bond acceptors (Lipinski definition) is 3. The first kappa shape index (κ1) is 18.8. The Bertz CT molecular complexity index is 410. The third kappa shape index (κ3) is 4.64. The van der Waals surface area contributed by atoms with Crippen LogP contribution in [-0.2, 0) is 9.47 Å². The zero-order chi connectivity index (χ0) is 16.6. The molecule has 0 radical (unpaired) electrons. The van der Waals surface area contributed by atoms with Crippen molar-refractivity contribution in [3.63, 3.8) is 0 Å². The fourth-order valence-corrected chi connectivity index (χ4v) is 3.27. The Morgan fingerprint density at radius 3 is 2.68 bits per heavy atom. The zero-order valence-electron chi connectivity index (χ0n) is 14.8. The molecule has 0 saturated carbocycles. The van der Waals surface area contributed by atoms with E-state index in [-0.39, 0.29) is 23.8 Å². The molecule has 0 aromatic heterocycles. The topological polar surface area (TPSA) is 38.8 Å². The highest BCUT2D eigenvalue weighted by Gasteiger charge is 2.46. The SMILES string of the molecule is CC#CCCC1(CC)CCCN(C(=O)OC(C)C)C1OCC. The largest absolute Gasteiger partial charge is 0.447 e.